The van der Waals surface area contributed by atoms with Crippen molar-refractivity contribution in [1.29, 1.82) is 0 Å². The molecule has 0 aromatic heterocycles. The van der Waals surface area contributed by atoms with Crippen molar-refractivity contribution in [3.63, 3.8) is 0 Å². The van der Waals surface area contributed by atoms with Gasteiger partial charge in [-0.05, 0) is 106 Å². The van der Waals surface area contributed by atoms with Gasteiger partial charge < -0.3 is 8.92 Å². The van der Waals surface area contributed by atoms with E-state index in [0.29, 0.717) is 17.9 Å². The van der Waals surface area contributed by atoms with Crippen LogP contribution >= 0.6 is 31.9 Å². The number of rotatable bonds is 7. The quantitative estimate of drug-likeness (QED) is 0.206. The number of benzene rings is 3. The third-order valence-electron chi connectivity index (χ3n) is 5.34. The summed E-state index contributed by atoms with van der Waals surface area (Å²) in [6, 6.07) is 14.6. The topological polar surface area (TPSA) is 119 Å². The van der Waals surface area contributed by atoms with Gasteiger partial charge in [-0.1, -0.05) is 17.7 Å². The van der Waals surface area contributed by atoms with Crippen molar-refractivity contribution in [3.8, 4) is 11.5 Å². The molecule has 12 heteroatoms. The molecule has 4 rings (SSSR count). The molecule has 0 bridgehead atoms. The van der Waals surface area contributed by atoms with E-state index in [-0.39, 0.29) is 30.9 Å². The van der Waals surface area contributed by atoms with Gasteiger partial charge in [0.25, 0.3) is 11.8 Å². The maximum Gasteiger partial charge on any atom is 0.339 e. The molecule has 4 amide bonds. The van der Waals surface area contributed by atoms with Crippen LogP contribution in [0.15, 0.2) is 80.1 Å². The van der Waals surface area contributed by atoms with Gasteiger partial charge in [0.2, 0.25) is 0 Å². The second kappa shape index (κ2) is 11.1. The van der Waals surface area contributed by atoms with Gasteiger partial charge in [0, 0.05) is 0 Å². The SMILES string of the molecule is CCOc1ccc(N2C(=O)NC(=O)/C(=C\c3cc(Br)c(OS(=O)(=O)c4ccc(C)cc4)c(Br)c3)C2=O)cc1. The van der Waals surface area contributed by atoms with Crippen LogP contribution in [0.25, 0.3) is 6.08 Å². The molecule has 38 heavy (non-hydrogen) atoms. The fourth-order valence-corrected chi connectivity index (χ4v) is 6.08. The van der Waals surface area contributed by atoms with E-state index >= 15 is 0 Å². The Kier molecular flexibility index (Phi) is 8.05. The number of amides is 4. The molecular formula is C26H20Br2N2O7S. The zero-order chi connectivity index (χ0) is 27.6. The Labute approximate surface area is 235 Å². The molecule has 1 aliphatic heterocycles. The summed E-state index contributed by atoms with van der Waals surface area (Å²) in [5, 5.41) is 2.16. The van der Waals surface area contributed by atoms with Gasteiger partial charge in [-0.2, -0.15) is 8.42 Å². The Hall–Kier alpha value is -3.48. The third kappa shape index (κ3) is 5.82. The molecule has 1 saturated heterocycles. The lowest BCUT2D eigenvalue weighted by atomic mass is 10.1. The number of nitrogens with one attached hydrogen (secondary N) is 1. The Morgan fingerprint density at radius 3 is 2.13 bits per heavy atom. The standard InChI is InChI=1S/C26H20Br2N2O7S/c1-3-36-18-8-6-17(7-9-18)30-25(32)20(24(31)29-26(30)33)12-16-13-21(27)23(22(28)14-16)37-38(34,35)19-10-4-15(2)5-11-19/h4-14H,3H2,1-2H3,(H,29,31,33)/b20-12+. The van der Waals surface area contributed by atoms with Crippen molar-refractivity contribution in [1.82, 2.24) is 5.32 Å². The Bertz CT molecular complexity index is 1550. The molecular weight excluding hydrogens is 644 g/mol. The van der Waals surface area contributed by atoms with Crippen LogP contribution in [0.5, 0.6) is 11.5 Å². The lowest BCUT2D eigenvalue weighted by molar-refractivity contribution is -0.122. The molecule has 0 radical (unpaired) electrons. The fraction of sp³-hybridized carbons (Fsp3) is 0.115. The molecule has 1 N–H and O–H groups in total. The predicted molar refractivity (Wildman–Crippen MR) is 147 cm³/mol. The maximum absolute atomic E-state index is 13.2. The third-order valence-corrected chi connectivity index (χ3v) is 7.76. The van der Waals surface area contributed by atoms with Crippen LogP contribution in [0.4, 0.5) is 10.5 Å². The van der Waals surface area contributed by atoms with E-state index in [4.69, 9.17) is 8.92 Å². The van der Waals surface area contributed by atoms with Crippen LogP contribution in [0, 0.1) is 6.92 Å². The molecule has 0 spiro atoms. The number of aryl methyl sites for hydroxylation is 1. The monoisotopic (exact) mass is 662 g/mol. The van der Waals surface area contributed by atoms with Gasteiger partial charge in [-0.25, -0.2) is 9.69 Å². The number of barbiturate groups is 1. The molecule has 1 fully saturated rings. The smallest absolute Gasteiger partial charge is 0.339 e. The van der Waals surface area contributed by atoms with Gasteiger partial charge in [0.15, 0.2) is 5.75 Å². The highest BCUT2D eigenvalue weighted by Gasteiger charge is 2.37. The number of halogens is 2. The summed E-state index contributed by atoms with van der Waals surface area (Å²) in [5.74, 6) is -1.14. The first-order chi connectivity index (χ1) is 18.0. The average Bonchev–Trinajstić information content (AvgIpc) is 2.85. The summed E-state index contributed by atoms with van der Waals surface area (Å²) in [7, 11) is -4.13. The van der Waals surface area contributed by atoms with Crippen LogP contribution < -0.4 is 19.1 Å². The van der Waals surface area contributed by atoms with E-state index in [1.165, 1.54) is 42.5 Å². The number of carbonyl (C=O) groups is 3. The van der Waals surface area contributed by atoms with E-state index in [2.05, 4.69) is 37.2 Å². The van der Waals surface area contributed by atoms with Crippen molar-refractivity contribution < 1.29 is 31.7 Å². The van der Waals surface area contributed by atoms with Crippen LogP contribution in [-0.2, 0) is 19.7 Å². The highest BCUT2D eigenvalue weighted by atomic mass is 79.9. The van der Waals surface area contributed by atoms with Crippen molar-refractivity contribution in [2.75, 3.05) is 11.5 Å². The zero-order valence-electron chi connectivity index (χ0n) is 20.0. The van der Waals surface area contributed by atoms with Gasteiger partial charge in [0.1, 0.15) is 16.2 Å². The van der Waals surface area contributed by atoms with Crippen LogP contribution in [0.2, 0.25) is 0 Å². The zero-order valence-corrected chi connectivity index (χ0v) is 24.0. The normalized spacial score (nSPS) is 15.0. The lowest BCUT2D eigenvalue weighted by Gasteiger charge is -2.26. The predicted octanol–water partition coefficient (Wildman–Crippen LogP) is 5.35. The summed E-state index contributed by atoms with van der Waals surface area (Å²) < 4.78 is 36.7. The second-order valence-electron chi connectivity index (χ2n) is 8.05. The lowest BCUT2D eigenvalue weighted by Crippen LogP contribution is -2.54. The van der Waals surface area contributed by atoms with E-state index in [1.807, 2.05) is 13.8 Å². The molecule has 196 valence electrons. The number of nitrogens with zero attached hydrogens (tertiary/aromatic N) is 1. The van der Waals surface area contributed by atoms with Gasteiger partial charge >= 0.3 is 16.1 Å². The van der Waals surface area contributed by atoms with Crippen molar-refractivity contribution >= 4 is 71.6 Å². The van der Waals surface area contributed by atoms with E-state index in [1.54, 1.807) is 24.3 Å². The molecule has 3 aromatic carbocycles. The van der Waals surface area contributed by atoms with Crippen LogP contribution in [0.1, 0.15) is 18.1 Å². The molecule has 1 aliphatic rings. The maximum atomic E-state index is 13.2. The van der Waals surface area contributed by atoms with Crippen molar-refractivity contribution in [3.05, 3.63) is 86.3 Å². The summed E-state index contributed by atoms with van der Waals surface area (Å²) >= 11 is 6.59. The summed E-state index contributed by atoms with van der Waals surface area (Å²) in [5.41, 5.74) is 1.22. The fourth-order valence-electron chi connectivity index (χ4n) is 3.52. The number of anilines is 1. The Morgan fingerprint density at radius 1 is 0.947 bits per heavy atom. The number of urea groups is 1. The summed E-state index contributed by atoms with van der Waals surface area (Å²) in [4.78, 5) is 39.0. The number of ether oxygens (including phenoxy) is 1. The first-order valence-electron chi connectivity index (χ1n) is 11.1. The van der Waals surface area contributed by atoms with Crippen molar-refractivity contribution in [2.24, 2.45) is 0 Å². The van der Waals surface area contributed by atoms with Crippen LogP contribution in [0.3, 0.4) is 0 Å². The second-order valence-corrected chi connectivity index (χ2v) is 11.3. The van der Waals surface area contributed by atoms with Gasteiger partial charge in [-0.3, -0.25) is 14.9 Å². The van der Waals surface area contributed by atoms with Gasteiger partial charge in [-0.15, -0.1) is 0 Å². The first-order valence-corrected chi connectivity index (χ1v) is 14.1. The first kappa shape index (κ1) is 27.6. The number of hydrogen-bond donors (Lipinski definition) is 1. The minimum Gasteiger partial charge on any atom is -0.494 e. The number of imide groups is 2. The molecule has 3 aromatic rings. The van der Waals surface area contributed by atoms with Gasteiger partial charge in [0.05, 0.1) is 21.2 Å². The molecule has 9 nitrogen and oxygen atoms in total. The average molecular weight is 664 g/mol. The van der Waals surface area contributed by atoms with E-state index in [9.17, 15) is 22.8 Å². The molecule has 0 saturated carbocycles. The molecule has 0 atom stereocenters. The summed E-state index contributed by atoms with van der Waals surface area (Å²) in [6.45, 7) is 4.12. The number of carbonyl (C=O) groups excluding carboxylic acids is 3. The molecule has 1 heterocycles. The van der Waals surface area contributed by atoms with E-state index < -0.39 is 28.0 Å². The largest absolute Gasteiger partial charge is 0.494 e. The molecule has 0 unspecified atom stereocenters. The Morgan fingerprint density at radius 2 is 1.55 bits per heavy atom. The Balaban J connectivity index is 1.64. The van der Waals surface area contributed by atoms with E-state index in [0.717, 1.165) is 10.5 Å². The highest BCUT2D eigenvalue weighted by Crippen LogP contribution is 2.37. The minimum atomic E-state index is -4.13. The molecule has 0 aliphatic carbocycles. The highest BCUT2D eigenvalue weighted by molar-refractivity contribution is 9.11. The number of hydrogen-bond acceptors (Lipinski definition) is 7. The minimum absolute atomic E-state index is 0.0154. The van der Waals surface area contributed by atoms with Crippen molar-refractivity contribution in [2.45, 2.75) is 18.7 Å². The van der Waals surface area contributed by atoms with Crippen LogP contribution in [-0.4, -0.2) is 32.9 Å². The summed E-state index contributed by atoms with van der Waals surface area (Å²) in [6.07, 6.45) is 1.29.